The Bertz CT molecular complexity index is 1040. The van der Waals surface area contributed by atoms with Gasteiger partial charge in [-0.25, -0.2) is 4.79 Å². The zero-order valence-electron chi connectivity index (χ0n) is 21.8. The summed E-state index contributed by atoms with van der Waals surface area (Å²) in [5, 5.41) is 3.27. The fourth-order valence-corrected chi connectivity index (χ4v) is 4.85. The van der Waals surface area contributed by atoms with Crippen LogP contribution in [0, 0.1) is 11.8 Å². The molecule has 0 radical (unpaired) electrons. The largest absolute Gasteiger partial charge is 0.493 e. The van der Waals surface area contributed by atoms with Crippen molar-refractivity contribution in [2.45, 2.75) is 52.9 Å². The van der Waals surface area contributed by atoms with Crippen molar-refractivity contribution in [1.82, 2.24) is 5.32 Å². The van der Waals surface area contributed by atoms with E-state index < -0.39 is 23.8 Å². The summed E-state index contributed by atoms with van der Waals surface area (Å²) in [6.45, 7) is 9.00. The molecule has 1 aliphatic carbocycles. The summed E-state index contributed by atoms with van der Waals surface area (Å²) in [5.74, 6) is -2.80. The van der Waals surface area contributed by atoms with Crippen LogP contribution in [0.5, 0.6) is 5.75 Å². The van der Waals surface area contributed by atoms with Crippen LogP contribution in [0.1, 0.15) is 58.4 Å². The van der Waals surface area contributed by atoms with Crippen molar-refractivity contribution in [3.05, 3.63) is 52.4 Å². The third-order valence-electron chi connectivity index (χ3n) is 6.61. The smallest absolute Gasteiger partial charge is 0.336 e. The maximum atomic E-state index is 13.9. The van der Waals surface area contributed by atoms with Gasteiger partial charge in [0.25, 0.3) is 0 Å². The molecule has 0 saturated carbocycles. The highest BCUT2D eigenvalue weighted by Gasteiger charge is 2.47. The molecule has 3 rings (SSSR count). The molecule has 1 N–H and O–H groups in total. The van der Waals surface area contributed by atoms with E-state index in [0.29, 0.717) is 53.5 Å². The number of hydrogen-bond acceptors (Lipinski definition) is 8. The van der Waals surface area contributed by atoms with Crippen LogP contribution in [0.15, 0.2) is 46.8 Å². The molecule has 3 atom stereocenters. The van der Waals surface area contributed by atoms with Gasteiger partial charge in [0.15, 0.2) is 5.78 Å². The minimum absolute atomic E-state index is 0.0898. The Hall–Kier alpha value is -3.13. The Balaban J connectivity index is 2.11. The number of dihydropyridines is 1. The van der Waals surface area contributed by atoms with Crippen LogP contribution in [-0.2, 0) is 28.6 Å². The van der Waals surface area contributed by atoms with E-state index in [1.807, 2.05) is 38.1 Å². The number of rotatable bonds is 11. The lowest BCUT2D eigenvalue weighted by Crippen LogP contribution is -2.43. The average molecular weight is 500 g/mol. The van der Waals surface area contributed by atoms with E-state index in [-0.39, 0.29) is 24.9 Å². The highest BCUT2D eigenvalue weighted by molar-refractivity contribution is 6.12. The fourth-order valence-electron chi connectivity index (χ4n) is 4.85. The molecule has 3 unspecified atom stereocenters. The molecule has 0 amide bonds. The van der Waals surface area contributed by atoms with E-state index >= 15 is 0 Å². The normalized spacial score (nSPS) is 21.6. The lowest BCUT2D eigenvalue weighted by molar-refractivity contribution is -0.151. The van der Waals surface area contributed by atoms with Crippen LogP contribution in [-0.4, -0.2) is 51.3 Å². The van der Waals surface area contributed by atoms with E-state index in [0.717, 1.165) is 12.8 Å². The number of unbranched alkanes of at least 4 members (excludes halogenated alkanes) is 1. The third kappa shape index (κ3) is 5.81. The summed E-state index contributed by atoms with van der Waals surface area (Å²) in [4.78, 5) is 39.9. The molecule has 1 heterocycles. The zero-order chi connectivity index (χ0) is 26.2. The van der Waals surface area contributed by atoms with Crippen LogP contribution in [0.2, 0.25) is 0 Å². The van der Waals surface area contributed by atoms with Gasteiger partial charge in [-0.3, -0.25) is 9.59 Å². The number of esters is 2. The molecule has 0 bridgehead atoms. The minimum Gasteiger partial charge on any atom is -0.493 e. The van der Waals surface area contributed by atoms with Crippen molar-refractivity contribution in [3.63, 3.8) is 0 Å². The number of ether oxygens (including phenoxy) is 4. The minimum atomic E-state index is -0.945. The van der Waals surface area contributed by atoms with Crippen molar-refractivity contribution >= 4 is 17.7 Å². The maximum absolute atomic E-state index is 13.9. The molecule has 2 aliphatic rings. The maximum Gasteiger partial charge on any atom is 0.336 e. The molecule has 0 spiro atoms. The predicted octanol–water partition coefficient (Wildman–Crippen LogP) is 4.06. The molecule has 1 aromatic rings. The lowest BCUT2D eigenvalue weighted by atomic mass is 9.69. The number of Topliss-reactive ketones (excluding diaryl/α,β-unsaturated/α-hetero) is 1. The Morgan fingerprint density at radius 3 is 2.56 bits per heavy atom. The second-order valence-electron chi connectivity index (χ2n) is 9.11. The molecule has 0 aromatic heterocycles. The summed E-state index contributed by atoms with van der Waals surface area (Å²) >= 11 is 0. The fraction of sp³-hybridized carbons (Fsp3) is 0.536. The molecular weight excluding hydrogens is 462 g/mol. The van der Waals surface area contributed by atoms with Crippen LogP contribution in [0.25, 0.3) is 0 Å². The summed E-state index contributed by atoms with van der Waals surface area (Å²) in [5.41, 5.74) is 2.72. The number of carbonyl (C=O) groups is 3. The number of benzene rings is 1. The average Bonchev–Trinajstić information content (AvgIpc) is 2.86. The molecule has 8 heteroatoms. The molecule has 0 saturated heterocycles. The number of para-hydroxylation sites is 1. The summed E-state index contributed by atoms with van der Waals surface area (Å²) in [6, 6.07) is 7.42. The van der Waals surface area contributed by atoms with Gasteiger partial charge in [-0.2, -0.15) is 0 Å². The van der Waals surface area contributed by atoms with Gasteiger partial charge >= 0.3 is 11.9 Å². The van der Waals surface area contributed by atoms with Gasteiger partial charge in [-0.1, -0.05) is 38.5 Å². The Morgan fingerprint density at radius 2 is 1.86 bits per heavy atom. The standard InChI is InChI=1S/C28H37NO7/c1-6-8-13-35-21-12-10-9-11-19(21)24-23(28(32)36-15-14-34-7-2)18(4)29-20-16-17(3)22(27(31)33-5)26(30)25(20)24/h9-12,17,22,24,29H,6-8,13-16H2,1-5H3. The first-order chi connectivity index (χ1) is 17.3. The van der Waals surface area contributed by atoms with E-state index in [9.17, 15) is 14.4 Å². The number of methoxy groups -OCH3 is 1. The van der Waals surface area contributed by atoms with Crippen LogP contribution >= 0.6 is 0 Å². The number of nitrogens with one attached hydrogen (secondary N) is 1. The molecule has 0 fully saturated rings. The van der Waals surface area contributed by atoms with E-state index in [1.165, 1.54) is 7.11 Å². The molecule has 1 aromatic carbocycles. The molecule has 196 valence electrons. The summed E-state index contributed by atoms with van der Waals surface area (Å²) in [7, 11) is 1.28. The first-order valence-electron chi connectivity index (χ1n) is 12.6. The number of carbonyl (C=O) groups excluding carboxylic acids is 3. The van der Waals surface area contributed by atoms with Gasteiger partial charge in [-0.05, 0) is 38.7 Å². The summed E-state index contributed by atoms with van der Waals surface area (Å²) < 4.78 is 21.9. The van der Waals surface area contributed by atoms with Crippen molar-refractivity contribution in [2.75, 3.05) is 33.5 Å². The van der Waals surface area contributed by atoms with Gasteiger partial charge in [0.05, 0.1) is 31.8 Å². The van der Waals surface area contributed by atoms with E-state index in [1.54, 1.807) is 6.92 Å². The quantitative estimate of drug-likeness (QED) is 0.276. The summed E-state index contributed by atoms with van der Waals surface area (Å²) in [6.07, 6.45) is 2.31. The Labute approximate surface area is 213 Å². The van der Waals surface area contributed by atoms with Crippen molar-refractivity contribution in [1.29, 1.82) is 0 Å². The van der Waals surface area contributed by atoms with E-state index in [2.05, 4.69) is 12.2 Å². The molecule has 8 nitrogen and oxygen atoms in total. The molecule has 1 aliphatic heterocycles. The Morgan fingerprint density at radius 1 is 1.11 bits per heavy atom. The van der Waals surface area contributed by atoms with Gasteiger partial charge < -0.3 is 24.3 Å². The monoisotopic (exact) mass is 499 g/mol. The van der Waals surface area contributed by atoms with Crippen molar-refractivity contribution in [3.8, 4) is 5.75 Å². The Kier molecular flexibility index (Phi) is 9.70. The topological polar surface area (TPSA) is 100 Å². The zero-order valence-corrected chi connectivity index (χ0v) is 21.8. The van der Waals surface area contributed by atoms with Crippen molar-refractivity contribution in [2.24, 2.45) is 11.8 Å². The van der Waals surface area contributed by atoms with E-state index in [4.69, 9.17) is 18.9 Å². The number of hydrogen-bond donors (Lipinski definition) is 1. The van der Waals surface area contributed by atoms with Gasteiger partial charge in [0.2, 0.25) is 0 Å². The number of allylic oxidation sites excluding steroid dienone is 3. The highest BCUT2D eigenvalue weighted by atomic mass is 16.6. The second kappa shape index (κ2) is 12.7. The van der Waals surface area contributed by atoms with Gasteiger partial charge in [-0.15, -0.1) is 0 Å². The molecule has 36 heavy (non-hydrogen) atoms. The first kappa shape index (κ1) is 27.5. The van der Waals surface area contributed by atoms with Crippen LogP contribution < -0.4 is 10.1 Å². The SMILES string of the molecule is CCCCOc1ccccc1C1C(C(=O)OCCOCC)=C(C)NC2=C1C(=O)C(C(=O)OC)C(C)C2. The third-order valence-corrected chi connectivity index (χ3v) is 6.61. The van der Waals surface area contributed by atoms with Gasteiger partial charge in [0, 0.05) is 29.1 Å². The predicted molar refractivity (Wildman–Crippen MR) is 134 cm³/mol. The second-order valence-corrected chi connectivity index (χ2v) is 9.11. The lowest BCUT2D eigenvalue weighted by Gasteiger charge is -2.38. The first-order valence-corrected chi connectivity index (χ1v) is 12.6. The molecular formula is C28H37NO7. The van der Waals surface area contributed by atoms with Crippen LogP contribution in [0.4, 0.5) is 0 Å². The number of ketones is 1. The van der Waals surface area contributed by atoms with Gasteiger partial charge in [0.1, 0.15) is 18.3 Å². The highest BCUT2D eigenvalue weighted by Crippen LogP contribution is 2.47. The van der Waals surface area contributed by atoms with Crippen LogP contribution in [0.3, 0.4) is 0 Å². The van der Waals surface area contributed by atoms with Crippen molar-refractivity contribution < 1.29 is 33.3 Å².